The van der Waals surface area contributed by atoms with Crippen LogP contribution in [0.2, 0.25) is 0 Å². The van der Waals surface area contributed by atoms with Crippen LogP contribution in [-0.4, -0.2) is 17.6 Å². The molecule has 2 amide bonds. The molecule has 29 heavy (non-hydrogen) atoms. The molecule has 2 aromatic carbocycles. The van der Waals surface area contributed by atoms with Gasteiger partial charge in [0.1, 0.15) is 5.37 Å². The maximum absolute atomic E-state index is 12.7. The predicted octanol–water partition coefficient (Wildman–Crippen LogP) is 5.26. The van der Waals surface area contributed by atoms with Crippen LogP contribution in [0.3, 0.4) is 0 Å². The summed E-state index contributed by atoms with van der Waals surface area (Å²) < 4.78 is 5.12. The lowest BCUT2D eigenvalue weighted by atomic mass is 10.1. The summed E-state index contributed by atoms with van der Waals surface area (Å²) in [4.78, 5) is 26.7. The molecule has 6 heteroatoms. The van der Waals surface area contributed by atoms with E-state index in [4.69, 9.17) is 4.42 Å². The number of benzene rings is 2. The molecule has 0 spiro atoms. The van der Waals surface area contributed by atoms with E-state index in [0.717, 1.165) is 24.1 Å². The molecule has 0 unspecified atom stereocenters. The molecule has 0 saturated carbocycles. The number of hydrogen-bond acceptors (Lipinski definition) is 4. The van der Waals surface area contributed by atoms with E-state index in [2.05, 4.69) is 18.3 Å². The quantitative estimate of drug-likeness (QED) is 0.606. The van der Waals surface area contributed by atoms with E-state index in [1.54, 1.807) is 23.9 Å². The van der Waals surface area contributed by atoms with E-state index < -0.39 is 0 Å². The smallest absolute Gasteiger partial charge is 0.291 e. The molecule has 1 saturated heterocycles. The second-order valence-corrected chi connectivity index (χ2v) is 7.93. The van der Waals surface area contributed by atoms with Crippen LogP contribution in [0, 0.1) is 0 Å². The van der Waals surface area contributed by atoms with Crippen LogP contribution in [0.15, 0.2) is 71.3 Å². The summed E-state index contributed by atoms with van der Waals surface area (Å²) in [5.74, 6) is 0.564. The Hall–Kier alpha value is -2.99. The molecule has 3 aromatic rings. The Labute approximate surface area is 174 Å². The molecule has 1 atom stereocenters. The van der Waals surface area contributed by atoms with E-state index in [9.17, 15) is 9.59 Å². The lowest BCUT2D eigenvalue weighted by Gasteiger charge is -2.26. The first kappa shape index (κ1) is 19.3. The van der Waals surface area contributed by atoms with E-state index in [-0.39, 0.29) is 22.9 Å². The molecule has 0 radical (unpaired) electrons. The number of para-hydroxylation sites is 1. The second kappa shape index (κ2) is 8.57. The SMILES string of the molecule is CCCc1ccccc1N1C(=O)CS[C@@H]1c1ccc(NC(=O)c2ccco2)cc1. The van der Waals surface area contributed by atoms with Crippen LogP contribution in [0.4, 0.5) is 11.4 Å². The number of nitrogens with zero attached hydrogens (tertiary/aromatic N) is 1. The van der Waals surface area contributed by atoms with Gasteiger partial charge in [0, 0.05) is 11.4 Å². The monoisotopic (exact) mass is 406 g/mol. The van der Waals surface area contributed by atoms with Crippen molar-refractivity contribution in [3.05, 3.63) is 83.8 Å². The highest BCUT2D eigenvalue weighted by molar-refractivity contribution is 8.00. The molecule has 4 rings (SSSR count). The summed E-state index contributed by atoms with van der Waals surface area (Å²) in [6.07, 6.45) is 3.44. The fourth-order valence-corrected chi connectivity index (χ4v) is 4.66. The zero-order valence-corrected chi connectivity index (χ0v) is 16.9. The number of hydrogen-bond donors (Lipinski definition) is 1. The van der Waals surface area contributed by atoms with Gasteiger partial charge in [-0.05, 0) is 47.9 Å². The average Bonchev–Trinajstić information content (AvgIpc) is 3.40. The molecular weight excluding hydrogens is 384 g/mol. The van der Waals surface area contributed by atoms with Crippen molar-refractivity contribution in [3.8, 4) is 0 Å². The minimum Gasteiger partial charge on any atom is -0.459 e. The standard InChI is InChI=1S/C23H22N2O3S/c1-2-6-16-7-3-4-8-19(16)25-21(26)15-29-23(25)17-10-12-18(13-11-17)24-22(27)20-9-5-14-28-20/h3-5,7-14,23H,2,6,15H2,1H3,(H,24,27)/t23-/m1/s1. The van der Waals surface area contributed by atoms with Gasteiger partial charge in [0.2, 0.25) is 5.91 Å². The van der Waals surface area contributed by atoms with Gasteiger partial charge in [-0.15, -0.1) is 11.8 Å². The molecule has 1 aromatic heterocycles. The Kier molecular flexibility index (Phi) is 5.71. The number of rotatable bonds is 6. The molecule has 1 aliphatic rings. The molecule has 1 fully saturated rings. The molecule has 0 aliphatic carbocycles. The Bertz CT molecular complexity index is 999. The van der Waals surface area contributed by atoms with Crippen molar-refractivity contribution in [2.45, 2.75) is 25.1 Å². The third-order valence-electron chi connectivity index (χ3n) is 4.84. The van der Waals surface area contributed by atoms with Crippen LogP contribution in [-0.2, 0) is 11.2 Å². The van der Waals surface area contributed by atoms with E-state index in [0.29, 0.717) is 11.4 Å². The van der Waals surface area contributed by atoms with Gasteiger partial charge in [0.15, 0.2) is 5.76 Å². The first-order valence-electron chi connectivity index (χ1n) is 9.63. The number of nitrogens with one attached hydrogen (secondary N) is 1. The molecule has 2 heterocycles. The largest absolute Gasteiger partial charge is 0.459 e. The summed E-state index contributed by atoms with van der Waals surface area (Å²) in [5.41, 5.74) is 3.90. The number of aryl methyl sites for hydroxylation is 1. The Morgan fingerprint density at radius 3 is 2.66 bits per heavy atom. The molecule has 1 aliphatic heterocycles. The summed E-state index contributed by atoms with van der Waals surface area (Å²) in [6, 6.07) is 19.1. The van der Waals surface area contributed by atoms with Crippen molar-refractivity contribution < 1.29 is 14.0 Å². The average molecular weight is 407 g/mol. The minimum absolute atomic E-state index is 0.0738. The van der Waals surface area contributed by atoms with Gasteiger partial charge < -0.3 is 9.73 Å². The van der Waals surface area contributed by atoms with Crippen molar-refractivity contribution in [3.63, 3.8) is 0 Å². The number of amides is 2. The maximum atomic E-state index is 12.7. The topological polar surface area (TPSA) is 62.6 Å². The third kappa shape index (κ3) is 4.07. The fraction of sp³-hybridized carbons (Fsp3) is 0.217. The van der Waals surface area contributed by atoms with Gasteiger partial charge in [-0.25, -0.2) is 0 Å². The fourth-order valence-electron chi connectivity index (χ4n) is 3.49. The minimum atomic E-state index is -0.289. The maximum Gasteiger partial charge on any atom is 0.291 e. The van der Waals surface area contributed by atoms with Crippen LogP contribution in [0.25, 0.3) is 0 Å². The van der Waals surface area contributed by atoms with Crippen molar-refractivity contribution >= 4 is 35.0 Å². The Balaban J connectivity index is 1.56. The molecule has 1 N–H and O–H groups in total. The molecule has 5 nitrogen and oxygen atoms in total. The van der Waals surface area contributed by atoms with Crippen molar-refractivity contribution in [1.82, 2.24) is 0 Å². The zero-order chi connectivity index (χ0) is 20.2. The first-order valence-corrected chi connectivity index (χ1v) is 10.7. The van der Waals surface area contributed by atoms with Crippen molar-refractivity contribution in [2.75, 3.05) is 16.0 Å². The summed E-state index contributed by atoms with van der Waals surface area (Å²) in [7, 11) is 0. The highest BCUT2D eigenvalue weighted by atomic mass is 32.2. The van der Waals surface area contributed by atoms with E-state index in [1.807, 2.05) is 47.4 Å². The van der Waals surface area contributed by atoms with Crippen LogP contribution in [0.5, 0.6) is 0 Å². The number of thioether (sulfide) groups is 1. The van der Waals surface area contributed by atoms with Crippen LogP contribution in [0.1, 0.15) is 40.4 Å². The van der Waals surface area contributed by atoms with Gasteiger partial charge in [-0.3, -0.25) is 14.5 Å². The predicted molar refractivity (Wildman–Crippen MR) is 116 cm³/mol. The highest BCUT2D eigenvalue weighted by Crippen LogP contribution is 2.43. The van der Waals surface area contributed by atoms with Gasteiger partial charge >= 0.3 is 0 Å². The summed E-state index contributed by atoms with van der Waals surface area (Å²) in [6.45, 7) is 2.14. The van der Waals surface area contributed by atoms with Crippen LogP contribution < -0.4 is 10.2 Å². The van der Waals surface area contributed by atoms with Gasteiger partial charge in [-0.2, -0.15) is 0 Å². The lowest BCUT2D eigenvalue weighted by molar-refractivity contribution is -0.115. The lowest BCUT2D eigenvalue weighted by Crippen LogP contribution is -2.28. The Morgan fingerprint density at radius 2 is 1.93 bits per heavy atom. The van der Waals surface area contributed by atoms with Gasteiger partial charge in [-0.1, -0.05) is 43.7 Å². The third-order valence-corrected chi connectivity index (χ3v) is 6.05. The molecule has 0 bridgehead atoms. The second-order valence-electron chi connectivity index (χ2n) is 6.86. The zero-order valence-electron chi connectivity index (χ0n) is 16.1. The number of furan rings is 1. The van der Waals surface area contributed by atoms with Crippen molar-refractivity contribution in [2.24, 2.45) is 0 Å². The summed E-state index contributed by atoms with van der Waals surface area (Å²) >= 11 is 1.63. The molecular formula is C23H22N2O3S. The number of anilines is 2. The number of carbonyl (C=O) groups is 2. The summed E-state index contributed by atoms with van der Waals surface area (Å²) in [5, 5.41) is 2.75. The van der Waals surface area contributed by atoms with E-state index >= 15 is 0 Å². The van der Waals surface area contributed by atoms with Crippen molar-refractivity contribution in [1.29, 1.82) is 0 Å². The van der Waals surface area contributed by atoms with Crippen LogP contribution >= 0.6 is 11.8 Å². The van der Waals surface area contributed by atoms with E-state index in [1.165, 1.54) is 11.8 Å². The van der Waals surface area contributed by atoms with Gasteiger partial charge in [0.25, 0.3) is 5.91 Å². The van der Waals surface area contributed by atoms with Gasteiger partial charge in [0.05, 0.1) is 12.0 Å². The number of carbonyl (C=O) groups excluding carboxylic acids is 2. The molecule has 148 valence electrons. The highest BCUT2D eigenvalue weighted by Gasteiger charge is 2.34. The Morgan fingerprint density at radius 1 is 1.14 bits per heavy atom. The first-order chi connectivity index (χ1) is 14.2. The normalized spacial score (nSPS) is 16.2.